The molecule has 8 heteroatoms. The van der Waals surface area contributed by atoms with E-state index in [2.05, 4.69) is 5.32 Å². The molecule has 0 heterocycles. The van der Waals surface area contributed by atoms with E-state index in [0.717, 1.165) is 4.90 Å². The van der Waals surface area contributed by atoms with Crippen molar-refractivity contribution in [2.24, 2.45) is 0 Å². The van der Waals surface area contributed by atoms with Gasteiger partial charge in [0.25, 0.3) is 0 Å². The Balaban J connectivity index is 5.22. The minimum atomic E-state index is -1.36. The first-order valence-corrected chi connectivity index (χ1v) is 6.90. The summed E-state index contributed by atoms with van der Waals surface area (Å²) >= 11 is 0. The molecule has 0 bridgehead atoms. The molecule has 0 aromatic heterocycles. The molecule has 0 fully saturated rings. The summed E-state index contributed by atoms with van der Waals surface area (Å²) in [5.74, 6) is -2.03. The number of amides is 2. The number of carboxylic acid groups (broad SMARTS) is 1. The van der Waals surface area contributed by atoms with Crippen LogP contribution in [0, 0.1) is 0 Å². The molecule has 0 aliphatic heterocycles. The van der Waals surface area contributed by atoms with Crippen LogP contribution >= 0.6 is 0 Å². The maximum Gasteiger partial charge on any atom is 0.408 e. The number of ether oxygens (including phenoxy) is 1. The molecule has 0 saturated carbocycles. The van der Waals surface area contributed by atoms with Crippen molar-refractivity contribution >= 4 is 18.0 Å². The monoisotopic (exact) mass is 319 g/mol. The topological polar surface area (TPSA) is 116 Å². The van der Waals surface area contributed by atoms with Crippen molar-refractivity contribution in [3.05, 3.63) is 0 Å². The molecule has 8 nitrogen and oxygen atoms in total. The number of carbonyl (C=O) groups excluding carboxylic acids is 2. The predicted molar refractivity (Wildman–Crippen MR) is 79.3 cm³/mol. The highest BCUT2D eigenvalue weighted by molar-refractivity contribution is 5.89. The molecule has 0 spiro atoms. The van der Waals surface area contributed by atoms with E-state index < -0.39 is 41.8 Å². The van der Waals surface area contributed by atoms with Gasteiger partial charge >= 0.3 is 12.1 Å². The van der Waals surface area contributed by atoms with E-state index in [0.29, 0.717) is 0 Å². The molecule has 22 heavy (non-hydrogen) atoms. The fraction of sp³-hybridized carbons (Fsp3) is 0.786. The number of aliphatic hydroxyl groups is 1. The van der Waals surface area contributed by atoms with Crippen molar-refractivity contribution in [1.29, 1.82) is 0 Å². The first-order chi connectivity index (χ1) is 10.4. The van der Waals surface area contributed by atoms with Crippen LogP contribution in [-0.4, -0.2) is 63.4 Å². The van der Waals surface area contributed by atoms with Gasteiger partial charge in [0, 0.05) is 7.92 Å². The van der Waals surface area contributed by atoms with E-state index >= 15 is 0 Å². The Hall–Kier alpha value is -1.83. The van der Waals surface area contributed by atoms with E-state index in [4.69, 9.17) is 11.2 Å². The SMILES string of the molecule is [2H]CCN(C(=O)[C@@H](NC(=O)OC(C)(C)C)[C@@H](C)O)[C@@H](C)C(=O)O. The number of hydrogen-bond acceptors (Lipinski definition) is 5. The Labute approximate surface area is 131 Å². The molecule has 0 aliphatic rings. The highest BCUT2D eigenvalue weighted by Gasteiger charge is 2.34. The summed E-state index contributed by atoms with van der Waals surface area (Å²) in [4.78, 5) is 36.3. The molecule has 0 aromatic carbocycles. The lowest BCUT2D eigenvalue weighted by Crippen LogP contribution is -2.57. The average Bonchev–Trinajstić information content (AvgIpc) is 2.38. The number of carbonyl (C=O) groups is 3. The van der Waals surface area contributed by atoms with Gasteiger partial charge in [-0.15, -0.1) is 0 Å². The number of rotatable bonds is 6. The van der Waals surface area contributed by atoms with Crippen molar-refractivity contribution in [3.63, 3.8) is 0 Å². The zero-order valence-electron chi connectivity index (χ0n) is 14.6. The Morgan fingerprint density at radius 3 is 2.23 bits per heavy atom. The quantitative estimate of drug-likeness (QED) is 0.659. The number of aliphatic hydroxyl groups excluding tert-OH is 1. The summed E-state index contributed by atoms with van der Waals surface area (Å²) in [6.07, 6.45) is -2.16. The van der Waals surface area contributed by atoms with Crippen LogP contribution in [0.4, 0.5) is 4.79 Å². The number of likely N-dealkylation sites (N-methyl/N-ethyl adjacent to an activating group) is 1. The van der Waals surface area contributed by atoms with Crippen molar-refractivity contribution in [3.8, 4) is 0 Å². The summed E-state index contributed by atoms with van der Waals surface area (Å²) < 4.78 is 12.2. The van der Waals surface area contributed by atoms with Crippen molar-refractivity contribution in [2.45, 2.75) is 65.3 Å². The van der Waals surface area contributed by atoms with E-state index in [1.54, 1.807) is 20.8 Å². The summed E-state index contributed by atoms with van der Waals surface area (Å²) in [6, 6.07) is -2.55. The van der Waals surface area contributed by atoms with E-state index in [9.17, 15) is 19.5 Å². The summed E-state index contributed by atoms with van der Waals surface area (Å²) in [7, 11) is 0. The highest BCUT2D eigenvalue weighted by atomic mass is 16.6. The Bertz CT molecular complexity index is 435. The van der Waals surface area contributed by atoms with Crippen molar-refractivity contribution in [2.75, 3.05) is 6.54 Å². The number of carboxylic acids is 1. The van der Waals surface area contributed by atoms with E-state index in [1.165, 1.54) is 13.8 Å². The van der Waals surface area contributed by atoms with Crippen LogP contribution < -0.4 is 5.32 Å². The van der Waals surface area contributed by atoms with Crippen LogP contribution in [0.5, 0.6) is 0 Å². The average molecular weight is 319 g/mol. The first kappa shape index (κ1) is 18.2. The summed E-state index contributed by atoms with van der Waals surface area (Å²) in [5, 5.41) is 21.1. The van der Waals surface area contributed by atoms with Gasteiger partial charge in [-0.3, -0.25) is 4.79 Å². The molecule has 3 atom stereocenters. The minimum Gasteiger partial charge on any atom is -0.480 e. The number of hydrogen-bond donors (Lipinski definition) is 3. The van der Waals surface area contributed by atoms with Crippen LogP contribution in [0.2, 0.25) is 0 Å². The molecular formula is C14H26N2O6. The third-order valence-electron chi connectivity index (χ3n) is 2.77. The van der Waals surface area contributed by atoms with Crippen LogP contribution in [0.3, 0.4) is 0 Å². The summed E-state index contributed by atoms with van der Waals surface area (Å²) in [5.41, 5.74) is -0.786. The van der Waals surface area contributed by atoms with Gasteiger partial charge in [-0.1, -0.05) is 0 Å². The fourth-order valence-electron chi connectivity index (χ4n) is 1.63. The van der Waals surface area contributed by atoms with Crippen LogP contribution in [0.1, 0.15) is 42.9 Å². The predicted octanol–water partition coefficient (Wildman–Crippen LogP) is 0.582. The number of aliphatic carboxylic acids is 1. The van der Waals surface area contributed by atoms with Crippen LogP contribution in [-0.2, 0) is 14.3 Å². The number of alkyl carbamates (subject to hydrolysis) is 1. The van der Waals surface area contributed by atoms with Gasteiger partial charge in [-0.2, -0.15) is 0 Å². The smallest absolute Gasteiger partial charge is 0.408 e. The van der Waals surface area contributed by atoms with Gasteiger partial charge in [-0.25, -0.2) is 9.59 Å². The molecule has 0 unspecified atom stereocenters. The van der Waals surface area contributed by atoms with E-state index in [1.807, 2.05) is 0 Å². The first-order valence-electron chi connectivity index (χ1n) is 7.61. The molecule has 3 N–H and O–H groups in total. The van der Waals surface area contributed by atoms with Crippen molar-refractivity contribution < 1.29 is 30.7 Å². The molecule has 0 rings (SSSR count). The van der Waals surface area contributed by atoms with Gasteiger partial charge < -0.3 is 25.2 Å². The third-order valence-corrected chi connectivity index (χ3v) is 2.77. The van der Waals surface area contributed by atoms with Crippen LogP contribution in [0.15, 0.2) is 0 Å². The van der Waals surface area contributed by atoms with E-state index in [-0.39, 0.29) is 13.4 Å². The molecular weight excluding hydrogens is 292 g/mol. The molecule has 128 valence electrons. The molecule has 0 radical (unpaired) electrons. The van der Waals surface area contributed by atoms with Gasteiger partial charge in [-0.05, 0) is 41.5 Å². The van der Waals surface area contributed by atoms with Gasteiger partial charge in [0.15, 0.2) is 0 Å². The van der Waals surface area contributed by atoms with Gasteiger partial charge in [0.05, 0.1) is 6.10 Å². The lowest BCUT2D eigenvalue weighted by molar-refractivity contribution is -0.151. The normalized spacial score (nSPS) is 16.0. The maximum atomic E-state index is 12.5. The molecule has 0 aromatic rings. The zero-order valence-corrected chi connectivity index (χ0v) is 13.6. The second-order valence-electron chi connectivity index (χ2n) is 5.91. The lowest BCUT2D eigenvalue weighted by Gasteiger charge is -2.31. The fourth-order valence-corrected chi connectivity index (χ4v) is 1.63. The largest absolute Gasteiger partial charge is 0.480 e. The number of nitrogens with one attached hydrogen (secondary N) is 1. The lowest BCUT2D eigenvalue weighted by atomic mass is 10.1. The Morgan fingerprint density at radius 2 is 1.86 bits per heavy atom. The molecule has 2 amide bonds. The Kier molecular flexibility index (Phi) is 6.61. The molecule has 0 aliphatic carbocycles. The molecule has 0 saturated heterocycles. The summed E-state index contributed by atoms with van der Waals surface area (Å²) in [6.45, 7) is 7.18. The zero-order chi connectivity index (χ0) is 18.4. The Morgan fingerprint density at radius 1 is 1.32 bits per heavy atom. The second kappa shape index (κ2) is 7.98. The standard InChI is InChI=1S/C14H26N2O6/c1-7-16(8(2)12(19)20)11(18)10(9(3)17)15-13(21)22-14(4,5)6/h8-10,17H,7H2,1-6H3,(H,15,21)(H,19,20)/t8-,9+,10-/m0/s1/i1D. The van der Waals surface area contributed by atoms with Gasteiger partial charge in [0.2, 0.25) is 5.91 Å². The third kappa shape index (κ3) is 6.30. The minimum absolute atomic E-state index is 0.133. The maximum absolute atomic E-state index is 12.5. The van der Waals surface area contributed by atoms with Crippen molar-refractivity contribution in [1.82, 2.24) is 10.2 Å². The van der Waals surface area contributed by atoms with Gasteiger partial charge in [0.1, 0.15) is 17.7 Å². The second-order valence-corrected chi connectivity index (χ2v) is 5.91. The van der Waals surface area contributed by atoms with Crippen LogP contribution in [0.25, 0.3) is 0 Å². The number of nitrogens with zero attached hydrogens (tertiary/aromatic N) is 1. The highest BCUT2D eigenvalue weighted by Crippen LogP contribution is 2.10.